The van der Waals surface area contributed by atoms with Crippen LogP contribution in [0.5, 0.6) is 0 Å². The van der Waals surface area contributed by atoms with Crippen LogP contribution in [0.15, 0.2) is 30.3 Å². The number of carbonyl (C=O) groups excluding carboxylic acids is 2. The molecule has 0 saturated heterocycles. The number of benzene rings is 1. The minimum absolute atomic E-state index is 0.254. The molecule has 0 bridgehead atoms. The van der Waals surface area contributed by atoms with Gasteiger partial charge in [0.1, 0.15) is 0 Å². The van der Waals surface area contributed by atoms with E-state index in [0.29, 0.717) is 28.8 Å². The van der Waals surface area contributed by atoms with Crippen molar-refractivity contribution in [2.75, 3.05) is 4.90 Å². The van der Waals surface area contributed by atoms with Gasteiger partial charge >= 0.3 is 0 Å². The predicted molar refractivity (Wildman–Crippen MR) is 98.4 cm³/mol. The van der Waals surface area contributed by atoms with E-state index in [1.165, 1.54) is 55.5 Å². The lowest BCUT2D eigenvalue weighted by molar-refractivity contribution is 0.0925. The number of rotatable bonds is 4. The van der Waals surface area contributed by atoms with Crippen LogP contribution < -0.4 is 4.90 Å². The highest BCUT2D eigenvalue weighted by Crippen LogP contribution is 2.42. The molecule has 0 spiro atoms. The molecular formula is C21H23N3O2. The second kappa shape index (κ2) is 6.08. The molecule has 26 heavy (non-hydrogen) atoms. The lowest BCUT2D eigenvalue weighted by atomic mass is 9.89. The van der Waals surface area contributed by atoms with Gasteiger partial charge < -0.3 is 0 Å². The largest absolute Gasteiger partial charge is 0.268 e. The SMILES string of the molecule is O=C1c2ccccc2C(=O)N1c1cc(C2CC2)n(CC2CCCCC2)n1. The van der Waals surface area contributed by atoms with Crippen LogP contribution >= 0.6 is 0 Å². The third-order valence-corrected chi connectivity index (χ3v) is 5.97. The maximum Gasteiger partial charge on any atom is 0.267 e. The van der Waals surface area contributed by atoms with Crippen LogP contribution in [0.3, 0.4) is 0 Å². The van der Waals surface area contributed by atoms with Gasteiger partial charge in [-0.1, -0.05) is 31.4 Å². The van der Waals surface area contributed by atoms with Gasteiger partial charge in [-0.3, -0.25) is 14.3 Å². The smallest absolute Gasteiger partial charge is 0.267 e. The lowest BCUT2D eigenvalue weighted by Crippen LogP contribution is -2.30. The molecule has 1 aromatic carbocycles. The zero-order chi connectivity index (χ0) is 17.7. The number of carbonyl (C=O) groups is 2. The highest BCUT2D eigenvalue weighted by Gasteiger charge is 2.39. The Morgan fingerprint density at radius 1 is 0.923 bits per heavy atom. The Labute approximate surface area is 153 Å². The molecule has 0 N–H and O–H groups in total. The lowest BCUT2D eigenvalue weighted by Gasteiger charge is -2.22. The molecule has 0 unspecified atom stereocenters. The van der Waals surface area contributed by atoms with Gasteiger partial charge in [-0.2, -0.15) is 5.10 Å². The topological polar surface area (TPSA) is 55.2 Å². The molecular weight excluding hydrogens is 326 g/mol. The predicted octanol–water partition coefficient (Wildman–Crippen LogP) is 4.14. The van der Waals surface area contributed by atoms with E-state index in [9.17, 15) is 9.59 Å². The Bertz CT molecular complexity index is 840. The number of hydrogen-bond donors (Lipinski definition) is 0. The average molecular weight is 349 g/mol. The van der Waals surface area contributed by atoms with E-state index in [1.807, 2.05) is 6.07 Å². The van der Waals surface area contributed by atoms with E-state index in [2.05, 4.69) is 4.68 Å². The van der Waals surface area contributed by atoms with Gasteiger partial charge in [0.2, 0.25) is 0 Å². The Kier molecular flexibility index (Phi) is 3.69. The highest BCUT2D eigenvalue weighted by molar-refractivity contribution is 6.34. The fourth-order valence-corrected chi connectivity index (χ4v) is 4.39. The van der Waals surface area contributed by atoms with E-state index in [1.54, 1.807) is 24.3 Å². The molecule has 2 saturated carbocycles. The van der Waals surface area contributed by atoms with Crippen molar-refractivity contribution in [1.82, 2.24) is 9.78 Å². The van der Waals surface area contributed by atoms with Gasteiger partial charge in [0.05, 0.1) is 11.1 Å². The summed E-state index contributed by atoms with van der Waals surface area (Å²) >= 11 is 0. The van der Waals surface area contributed by atoms with Gasteiger partial charge in [0.15, 0.2) is 5.82 Å². The molecule has 5 nitrogen and oxygen atoms in total. The van der Waals surface area contributed by atoms with Crippen LogP contribution in [0.1, 0.15) is 77.3 Å². The van der Waals surface area contributed by atoms with Crippen molar-refractivity contribution in [2.45, 2.75) is 57.4 Å². The molecule has 2 heterocycles. The molecule has 2 aromatic rings. The van der Waals surface area contributed by atoms with Crippen LogP contribution in [0.2, 0.25) is 0 Å². The summed E-state index contributed by atoms with van der Waals surface area (Å²) in [5.41, 5.74) is 2.15. The first-order valence-electron chi connectivity index (χ1n) is 9.78. The van der Waals surface area contributed by atoms with Crippen LogP contribution in [-0.2, 0) is 6.54 Å². The molecule has 2 amide bonds. The normalized spacial score (nSPS) is 20.7. The summed E-state index contributed by atoms with van der Waals surface area (Å²) in [6.45, 7) is 0.912. The first-order chi connectivity index (χ1) is 12.7. The van der Waals surface area contributed by atoms with Gasteiger partial charge in [-0.05, 0) is 43.7 Å². The summed E-state index contributed by atoms with van der Waals surface area (Å²) in [5.74, 6) is 1.19. The van der Waals surface area contributed by atoms with Gasteiger partial charge in [-0.15, -0.1) is 0 Å². The van der Waals surface area contributed by atoms with Crippen LogP contribution in [0, 0.1) is 5.92 Å². The second-order valence-corrected chi connectivity index (χ2v) is 7.88. The summed E-state index contributed by atoms with van der Waals surface area (Å²) in [6, 6.07) is 9.00. The molecule has 1 aromatic heterocycles. The number of hydrogen-bond acceptors (Lipinski definition) is 3. The molecule has 2 aliphatic carbocycles. The van der Waals surface area contributed by atoms with Crippen molar-refractivity contribution in [3.05, 3.63) is 47.2 Å². The Hall–Kier alpha value is -2.43. The zero-order valence-electron chi connectivity index (χ0n) is 14.9. The number of aromatic nitrogens is 2. The van der Waals surface area contributed by atoms with Crippen molar-refractivity contribution in [1.29, 1.82) is 0 Å². The van der Waals surface area contributed by atoms with Gasteiger partial charge in [0, 0.05) is 24.2 Å². The van der Waals surface area contributed by atoms with Crippen molar-refractivity contribution in [3.8, 4) is 0 Å². The molecule has 0 atom stereocenters. The van der Waals surface area contributed by atoms with Gasteiger partial charge in [0.25, 0.3) is 11.8 Å². The van der Waals surface area contributed by atoms with E-state index in [-0.39, 0.29) is 11.8 Å². The fraction of sp³-hybridized carbons (Fsp3) is 0.476. The van der Waals surface area contributed by atoms with Gasteiger partial charge in [-0.25, -0.2) is 4.90 Å². The minimum Gasteiger partial charge on any atom is -0.268 e. The Balaban J connectivity index is 1.47. The maximum atomic E-state index is 12.8. The minimum atomic E-state index is -0.254. The summed E-state index contributed by atoms with van der Waals surface area (Å²) in [7, 11) is 0. The van der Waals surface area contributed by atoms with E-state index >= 15 is 0 Å². The summed E-state index contributed by atoms with van der Waals surface area (Å²) in [5, 5.41) is 4.73. The zero-order valence-corrected chi connectivity index (χ0v) is 14.9. The molecule has 2 fully saturated rings. The summed E-state index contributed by atoms with van der Waals surface area (Å²) in [4.78, 5) is 26.8. The highest BCUT2D eigenvalue weighted by atomic mass is 16.2. The standard InChI is InChI=1S/C21H23N3O2/c25-20-16-8-4-5-9-17(16)21(26)24(20)19-12-18(15-10-11-15)23(22-19)13-14-6-2-1-3-7-14/h4-5,8-9,12,14-15H,1-3,6-7,10-11,13H2. The first kappa shape index (κ1) is 15.8. The van der Waals surface area contributed by atoms with Crippen molar-refractivity contribution >= 4 is 17.6 Å². The second-order valence-electron chi connectivity index (χ2n) is 7.88. The molecule has 3 aliphatic rings. The summed E-state index contributed by atoms with van der Waals surface area (Å²) in [6.07, 6.45) is 8.81. The Morgan fingerprint density at radius 2 is 1.58 bits per heavy atom. The van der Waals surface area contributed by atoms with Crippen molar-refractivity contribution < 1.29 is 9.59 Å². The van der Waals surface area contributed by atoms with E-state index < -0.39 is 0 Å². The first-order valence-corrected chi connectivity index (χ1v) is 9.78. The molecule has 0 radical (unpaired) electrons. The van der Waals surface area contributed by atoms with Crippen molar-refractivity contribution in [3.63, 3.8) is 0 Å². The number of anilines is 1. The van der Waals surface area contributed by atoms with Crippen LogP contribution in [0.25, 0.3) is 0 Å². The fourth-order valence-electron chi connectivity index (χ4n) is 4.39. The Morgan fingerprint density at radius 3 is 2.19 bits per heavy atom. The van der Waals surface area contributed by atoms with Crippen LogP contribution in [-0.4, -0.2) is 21.6 Å². The monoisotopic (exact) mass is 349 g/mol. The maximum absolute atomic E-state index is 12.8. The number of imide groups is 1. The van der Waals surface area contributed by atoms with Crippen LogP contribution in [0.4, 0.5) is 5.82 Å². The van der Waals surface area contributed by atoms with E-state index in [4.69, 9.17) is 5.10 Å². The third-order valence-electron chi connectivity index (χ3n) is 5.97. The molecule has 134 valence electrons. The van der Waals surface area contributed by atoms with Crippen molar-refractivity contribution in [2.24, 2.45) is 5.92 Å². The molecule has 5 rings (SSSR count). The summed E-state index contributed by atoms with van der Waals surface area (Å²) < 4.78 is 2.09. The quantitative estimate of drug-likeness (QED) is 0.780. The number of nitrogens with zero attached hydrogens (tertiary/aromatic N) is 3. The molecule has 1 aliphatic heterocycles. The van der Waals surface area contributed by atoms with E-state index in [0.717, 1.165) is 6.54 Å². The number of amides is 2. The third kappa shape index (κ3) is 2.57. The molecule has 5 heteroatoms. The average Bonchev–Trinajstić information content (AvgIpc) is 3.39. The number of fused-ring (bicyclic) bond motifs is 1.